The summed E-state index contributed by atoms with van der Waals surface area (Å²) in [7, 11) is 3.10. The van der Waals surface area contributed by atoms with Crippen LogP contribution in [0.25, 0.3) is 11.6 Å². The van der Waals surface area contributed by atoms with Crippen molar-refractivity contribution in [1.29, 1.82) is 5.26 Å². The molecule has 0 fully saturated rings. The summed E-state index contributed by atoms with van der Waals surface area (Å²) in [4.78, 5) is 0. The molecule has 0 spiro atoms. The number of hydrogen-bond donors (Lipinski definition) is 0. The molecule has 2 rings (SSSR count). The number of allylic oxidation sites excluding steroid dienone is 1. The molecule has 0 aliphatic heterocycles. The van der Waals surface area contributed by atoms with E-state index in [4.69, 9.17) is 9.47 Å². The topological polar surface area (TPSA) is 42.2 Å². The van der Waals surface area contributed by atoms with E-state index >= 15 is 0 Å². The molecule has 0 N–H and O–H groups in total. The number of nitrogens with zero attached hydrogens (tertiary/aromatic N) is 1. The lowest BCUT2D eigenvalue weighted by molar-refractivity contribution is 0.355. The van der Waals surface area contributed by atoms with Gasteiger partial charge in [-0.15, -0.1) is 0 Å². The zero-order valence-electron chi connectivity index (χ0n) is 11.8. The number of benzene rings is 2. The van der Waals surface area contributed by atoms with Gasteiger partial charge in [0.2, 0.25) is 0 Å². The average Bonchev–Trinajstić information content (AvgIpc) is 2.52. The smallest absolute Gasteiger partial charge is 0.161 e. The predicted molar refractivity (Wildman–Crippen MR) is 79.4 cm³/mol. The van der Waals surface area contributed by atoms with Crippen molar-refractivity contribution < 1.29 is 13.9 Å². The third-order valence-electron chi connectivity index (χ3n) is 2.97. The number of methoxy groups -OCH3 is 2. The Labute approximate surface area is 122 Å². The normalized spacial score (nSPS) is 10.9. The molecule has 106 valence electrons. The lowest BCUT2D eigenvalue weighted by Gasteiger charge is -2.08. The quantitative estimate of drug-likeness (QED) is 0.631. The second-order valence-corrected chi connectivity index (χ2v) is 4.29. The molecule has 2 aromatic carbocycles. The molecule has 0 aromatic heterocycles. The Balaban J connectivity index is 2.43. The highest BCUT2D eigenvalue weighted by molar-refractivity contribution is 5.89. The fourth-order valence-corrected chi connectivity index (χ4v) is 1.95. The zero-order valence-corrected chi connectivity index (χ0v) is 11.8. The maximum atomic E-state index is 13.2. The van der Waals surface area contributed by atoms with Crippen molar-refractivity contribution in [1.82, 2.24) is 0 Å². The van der Waals surface area contributed by atoms with Gasteiger partial charge in [-0.05, 0) is 41.5 Å². The van der Waals surface area contributed by atoms with Crippen molar-refractivity contribution >= 4 is 11.6 Å². The molecule has 0 aliphatic carbocycles. The minimum Gasteiger partial charge on any atom is -0.493 e. The molecule has 0 heterocycles. The Hall–Kier alpha value is -2.80. The van der Waals surface area contributed by atoms with Gasteiger partial charge in [-0.2, -0.15) is 5.26 Å². The largest absolute Gasteiger partial charge is 0.493 e. The number of hydrogen-bond acceptors (Lipinski definition) is 3. The molecule has 0 unspecified atom stereocenters. The summed E-state index contributed by atoms with van der Waals surface area (Å²) in [5, 5.41) is 9.26. The lowest BCUT2D eigenvalue weighted by atomic mass is 10.0. The maximum absolute atomic E-state index is 13.2. The van der Waals surface area contributed by atoms with E-state index in [-0.39, 0.29) is 5.82 Å². The van der Waals surface area contributed by atoms with E-state index in [2.05, 4.69) is 6.07 Å². The first-order valence-corrected chi connectivity index (χ1v) is 6.27. The molecule has 2 aromatic rings. The summed E-state index contributed by atoms with van der Waals surface area (Å²) >= 11 is 0. The number of halogens is 1. The fourth-order valence-electron chi connectivity index (χ4n) is 1.95. The Morgan fingerprint density at radius 2 is 1.86 bits per heavy atom. The van der Waals surface area contributed by atoms with E-state index in [9.17, 15) is 9.65 Å². The van der Waals surface area contributed by atoms with E-state index in [0.29, 0.717) is 22.6 Å². The molecule has 0 saturated heterocycles. The van der Waals surface area contributed by atoms with E-state index in [1.807, 2.05) is 0 Å². The van der Waals surface area contributed by atoms with Gasteiger partial charge in [-0.1, -0.05) is 18.2 Å². The highest BCUT2D eigenvalue weighted by Gasteiger charge is 2.06. The maximum Gasteiger partial charge on any atom is 0.161 e. The number of nitriles is 1. The third-order valence-corrected chi connectivity index (χ3v) is 2.97. The highest BCUT2D eigenvalue weighted by atomic mass is 19.1. The van der Waals surface area contributed by atoms with Crippen LogP contribution in [0.4, 0.5) is 4.39 Å². The van der Waals surface area contributed by atoms with Gasteiger partial charge in [0.15, 0.2) is 11.5 Å². The van der Waals surface area contributed by atoms with Crippen LogP contribution in [0.2, 0.25) is 0 Å². The van der Waals surface area contributed by atoms with Crippen molar-refractivity contribution in [2.24, 2.45) is 0 Å². The lowest BCUT2D eigenvalue weighted by Crippen LogP contribution is -1.91. The van der Waals surface area contributed by atoms with Gasteiger partial charge in [-0.3, -0.25) is 0 Å². The molecule has 0 bridgehead atoms. The first kappa shape index (κ1) is 14.6. The summed E-state index contributed by atoms with van der Waals surface area (Å²) < 4.78 is 23.6. The van der Waals surface area contributed by atoms with Crippen molar-refractivity contribution in [2.45, 2.75) is 0 Å². The van der Waals surface area contributed by atoms with Crippen LogP contribution in [0.1, 0.15) is 11.1 Å². The first-order valence-electron chi connectivity index (χ1n) is 6.27. The van der Waals surface area contributed by atoms with Crippen LogP contribution in [0.5, 0.6) is 11.5 Å². The standard InChI is InChI=1S/C17H14FNO2/c1-20-16-7-6-12(9-17(16)21-2)8-14(11-19)13-4-3-5-15(18)10-13/h3-10H,1-2H3/b14-8+. The Bertz CT molecular complexity index is 717. The molecule has 0 saturated carbocycles. The fraction of sp³-hybridized carbons (Fsp3) is 0.118. The summed E-state index contributed by atoms with van der Waals surface area (Å²) in [6, 6.07) is 13.3. The number of ether oxygens (including phenoxy) is 2. The molecule has 4 heteroatoms. The molecular formula is C17H14FNO2. The van der Waals surface area contributed by atoms with Crippen LogP contribution >= 0.6 is 0 Å². The van der Waals surface area contributed by atoms with Crippen LogP contribution < -0.4 is 9.47 Å². The van der Waals surface area contributed by atoms with E-state index in [1.165, 1.54) is 12.1 Å². The van der Waals surface area contributed by atoms with E-state index < -0.39 is 0 Å². The minimum atomic E-state index is -0.374. The van der Waals surface area contributed by atoms with Gasteiger partial charge in [0.1, 0.15) is 5.82 Å². The van der Waals surface area contributed by atoms with E-state index in [0.717, 1.165) is 5.56 Å². The van der Waals surface area contributed by atoms with Crippen LogP contribution in [0, 0.1) is 17.1 Å². The average molecular weight is 283 g/mol. The van der Waals surface area contributed by atoms with Crippen LogP contribution in [0.15, 0.2) is 42.5 Å². The van der Waals surface area contributed by atoms with Gasteiger partial charge in [0.05, 0.1) is 25.9 Å². The molecular weight excluding hydrogens is 269 g/mol. The van der Waals surface area contributed by atoms with Crippen LogP contribution in [-0.4, -0.2) is 14.2 Å². The van der Waals surface area contributed by atoms with Gasteiger partial charge < -0.3 is 9.47 Å². The second kappa shape index (κ2) is 6.58. The Morgan fingerprint density at radius 3 is 2.48 bits per heavy atom. The van der Waals surface area contributed by atoms with E-state index in [1.54, 1.807) is 50.6 Å². The summed E-state index contributed by atoms with van der Waals surface area (Å²) in [6.07, 6.45) is 1.68. The molecule has 3 nitrogen and oxygen atoms in total. The first-order chi connectivity index (χ1) is 10.2. The van der Waals surface area contributed by atoms with Crippen molar-refractivity contribution in [2.75, 3.05) is 14.2 Å². The highest BCUT2D eigenvalue weighted by Crippen LogP contribution is 2.29. The van der Waals surface area contributed by atoms with Crippen molar-refractivity contribution in [3.63, 3.8) is 0 Å². The summed E-state index contributed by atoms with van der Waals surface area (Å²) in [5.41, 5.74) is 1.68. The summed E-state index contributed by atoms with van der Waals surface area (Å²) in [5.74, 6) is 0.808. The SMILES string of the molecule is COc1ccc(/C=C(\C#N)c2cccc(F)c2)cc1OC. The van der Waals surface area contributed by atoms with Gasteiger partial charge in [0.25, 0.3) is 0 Å². The Kier molecular flexibility index (Phi) is 4.57. The van der Waals surface area contributed by atoms with Gasteiger partial charge in [-0.25, -0.2) is 4.39 Å². The predicted octanol–water partition coefficient (Wildman–Crippen LogP) is 3.91. The van der Waals surface area contributed by atoms with Crippen LogP contribution in [0.3, 0.4) is 0 Å². The minimum absolute atomic E-state index is 0.374. The molecule has 0 aliphatic rings. The second-order valence-electron chi connectivity index (χ2n) is 4.29. The zero-order chi connectivity index (χ0) is 15.2. The number of rotatable bonds is 4. The Morgan fingerprint density at radius 1 is 1.10 bits per heavy atom. The summed E-state index contributed by atoms with van der Waals surface area (Å²) in [6.45, 7) is 0. The monoisotopic (exact) mass is 283 g/mol. The third kappa shape index (κ3) is 3.40. The molecule has 0 atom stereocenters. The van der Waals surface area contributed by atoms with Crippen molar-refractivity contribution in [3.8, 4) is 17.6 Å². The molecule has 21 heavy (non-hydrogen) atoms. The van der Waals surface area contributed by atoms with Crippen LogP contribution in [-0.2, 0) is 0 Å². The van der Waals surface area contributed by atoms with Crippen molar-refractivity contribution in [3.05, 3.63) is 59.4 Å². The molecule has 0 radical (unpaired) electrons. The van der Waals surface area contributed by atoms with Gasteiger partial charge in [0, 0.05) is 0 Å². The van der Waals surface area contributed by atoms with Gasteiger partial charge >= 0.3 is 0 Å². The molecule has 0 amide bonds.